The number of imidazole rings is 1. The van der Waals surface area contributed by atoms with Gasteiger partial charge in [0.1, 0.15) is 16.9 Å². The van der Waals surface area contributed by atoms with Crippen molar-refractivity contribution >= 4 is 0 Å². The number of nitrogens with zero attached hydrogens (tertiary/aromatic N) is 2. The molecule has 0 N–H and O–H groups in total. The normalized spacial score (nSPS) is 17.7. The molecule has 2 nitrogen and oxygen atoms in total. The molecule has 2 heterocycles. The van der Waals surface area contributed by atoms with E-state index in [2.05, 4.69) is 94.1 Å². The van der Waals surface area contributed by atoms with Gasteiger partial charge in [-0.25, -0.2) is 9.13 Å². The van der Waals surface area contributed by atoms with E-state index < -0.39 is 0 Å². The van der Waals surface area contributed by atoms with Crippen LogP contribution >= 0.6 is 0 Å². The van der Waals surface area contributed by atoms with Gasteiger partial charge in [0.2, 0.25) is 0 Å². The third kappa shape index (κ3) is 1.57. The highest BCUT2D eigenvalue weighted by molar-refractivity contribution is 5.85. The van der Waals surface area contributed by atoms with Crippen molar-refractivity contribution in [2.24, 2.45) is 7.05 Å². The van der Waals surface area contributed by atoms with Crippen molar-refractivity contribution in [3.8, 4) is 22.5 Å². The van der Waals surface area contributed by atoms with Gasteiger partial charge in [-0.3, -0.25) is 0 Å². The number of benzene rings is 2. The summed E-state index contributed by atoms with van der Waals surface area (Å²) in [6.07, 6.45) is 0. The zero-order valence-electron chi connectivity index (χ0n) is 16.9. The molecule has 1 aliphatic heterocycles. The van der Waals surface area contributed by atoms with Crippen LogP contribution in [-0.2, 0) is 18.0 Å². The predicted octanol–water partition coefficient (Wildman–Crippen LogP) is 5.00. The maximum Gasteiger partial charge on any atom is 0.290 e. The van der Waals surface area contributed by atoms with Crippen LogP contribution in [0.4, 0.5) is 0 Å². The molecule has 0 spiro atoms. The first-order valence-corrected chi connectivity index (χ1v) is 9.55. The molecule has 1 aliphatic carbocycles. The van der Waals surface area contributed by atoms with Crippen LogP contribution in [-0.4, -0.2) is 4.57 Å². The van der Waals surface area contributed by atoms with E-state index in [1.807, 2.05) is 0 Å². The van der Waals surface area contributed by atoms with Gasteiger partial charge in [-0.05, 0) is 48.2 Å². The van der Waals surface area contributed by atoms with Crippen molar-refractivity contribution in [3.63, 3.8) is 0 Å². The summed E-state index contributed by atoms with van der Waals surface area (Å²) in [5.41, 5.74) is 11.3. The first-order chi connectivity index (χ1) is 12.2. The van der Waals surface area contributed by atoms with Gasteiger partial charge in [0, 0.05) is 24.8 Å². The average Bonchev–Trinajstić information content (AvgIpc) is 3.08. The topological polar surface area (TPSA) is 8.81 Å². The third-order valence-corrected chi connectivity index (χ3v) is 7.07. The number of hydrogen-bond donors (Lipinski definition) is 0. The van der Waals surface area contributed by atoms with Gasteiger partial charge in [0.05, 0.1) is 12.6 Å². The predicted molar refractivity (Wildman–Crippen MR) is 107 cm³/mol. The lowest BCUT2D eigenvalue weighted by Gasteiger charge is -2.23. The first-order valence-electron chi connectivity index (χ1n) is 9.55. The minimum atomic E-state index is -0.0303. The molecule has 0 saturated carbocycles. The molecule has 0 unspecified atom stereocenters. The molecule has 0 fully saturated rings. The summed E-state index contributed by atoms with van der Waals surface area (Å²) in [5, 5.41) is 0. The van der Waals surface area contributed by atoms with Gasteiger partial charge < -0.3 is 0 Å². The monoisotopic (exact) mass is 343 g/mol. The van der Waals surface area contributed by atoms with Crippen LogP contribution in [0, 0.1) is 13.8 Å². The molecule has 1 aromatic heterocycles. The average molecular weight is 343 g/mol. The van der Waals surface area contributed by atoms with E-state index in [9.17, 15) is 0 Å². The number of rotatable bonds is 0. The molecule has 5 rings (SSSR count). The van der Waals surface area contributed by atoms with Crippen LogP contribution in [0.2, 0.25) is 0 Å². The fourth-order valence-electron chi connectivity index (χ4n) is 5.42. The van der Waals surface area contributed by atoms with Crippen molar-refractivity contribution in [1.29, 1.82) is 0 Å². The van der Waals surface area contributed by atoms with Crippen molar-refractivity contribution in [2.75, 3.05) is 0 Å². The van der Waals surface area contributed by atoms with Gasteiger partial charge >= 0.3 is 0 Å². The van der Waals surface area contributed by atoms with Crippen LogP contribution in [0.5, 0.6) is 0 Å². The maximum atomic E-state index is 2.53. The lowest BCUT2D eigenvalue weighted by molar-refractivity contribution is -0.665. The van der Waals surface area contributed by atoms with E-state index >= 15 is 0 Å². The highest BCUT2D eigenvalue weighted by atomic mass is 15.2. The highest BCUT2D eigenvalue weighted by Crippen LogP contribution is 2.53. The van der Waals surface area contributed by atoms with Gasteiger partial charge in [0.25, 0.3) is 5.82 Å². The Labute approximate surface area is 156 Å². The molecule has 132 valence electrons. The molecule has 0 saturated heterocycles. The second-order valence-corrected chi connectivity index (χ2v) is 9.06. The van der Waals surface area contributed by atoms with Crippen LogP contribution in [0.15, 0.2) is 36.4 Å². The fourth-order valence-corrected chi connectivity index (χ4v) is 5.42. The summed E-state index contributed by atoms with van der Waals surface area (Å²) in [7, 11) is 2.20. The largest absolute Gasteiger partial charge is 0.290 e. The van der Waals surface area contributed by atoms with Crippen LogP contribution < -0.4 is 4.57 Å². The Balaban J connectivity index is 1.89. The molecule has 2 aliphatic rings. The molecular weight excluding hydrogens is 316 g/mol. The SMILES string of the molecule is Cc1c(C)[n+](C)c2n1C(C)(C)c1cc3c(cc1-2)C(C)(C)c1ccccc1-3. The number of aromatic nitrogens is 2. The molecule has 0 amide bonds. The second-order valence-electron chi connectivity index (χ2n) is 9.06. The van der Waals surface area contributed by atoms with E-state index in [-0.39, 0.29) is 11.0 Å². The van der Waals surface area contributed by atoms with Crippen LogP contribution in [0.25, 0.3) is 22.5 Å². The summed E-state index contributed by atoms with van der Waals surface area (Å²) in [6.45, 7) is 13.9. The minimum absolute atomic E-state index is 0.0303. The Bertz CT molecular complexity index is 1110. The van der Waals surface area contributed by atoms with Crippen molar-refractivity contribution < 1.29 is 4.57 Å². The Hall–Kier alpha value is -2.35. The van der Waals surface area contributed by atoms with E-state index in [0.29, 0.717) is 0 Å². The smallest absolute Gasteiger partial charge is 0.230 e. The standard InChI is InChI=1S/C24H27N2/c1-14-15(2)26-22(25(14)7)18-13-20-17(12-21(18)24(26,5)6)16-10-8-9-11-19(16)23(20,3)4/h8-13H,1-7H3/q+1. The quantitative estimate of drug-likeness (QED) is 0.508. The van der Waals surface area contributed by atoms with Crippen molar-refractivity contribution in [3.05, 3.63) is 64.5 Å². The molecular formula is C24H27N2+. The minimum Gasteiger partial charge on any atom is -0.230 e. The third-order valence-electron chi connectivity index (χ3n) is 7.07. The van der Waals surface area contributed by atoms with E-state index in [0.717, 1.165) is 0 Å². The van der Waals surface area contributed by atoms with E-state index in [1.165, 1.54) is 50.6 Å². The number of hydrogen-bond acceptors (Lipinski definition) is 0. The molecule has 0 bridgehead atoms. The molecule has 2 heteroatoms. The van der Waals surface area contributed by atoms with Crippen molar-refractivity contribution in [1.82, 2.24) is 4.57 Å². The summed E-state index contributed by atoms with van der Waals surface area (Å²) < 4.78 is 4.89. The summed E-state index contributed by atoms with van der Waals surface area (Å²) in [6, 6.07) is 13.9. The Kier molecular flexibility index (Phi) is 2.74. The molecule has 0 atom stereocenters. The molecule has 3 aromatic rings. The summed E-state index contributed by atoms with van der Waals surface area (Å²) >= 11 is 0. The van der Waals surface area contributed by atoms with Gasteiger partial charge in [-0.15, -0.1) is 0 Å². The van der Waals surface area contributed by atoms with E-state index in [4.69, 9.17) is 0 Å². The maximum absolute atomic E-state index is 2.53. The zero-order chi connectivity index (χ0) is 18.6. The summed E-state index contributed by atoms with van der Waals surface area (Å²) in [4.78, 5) is 0. The lowest BCUT2D eigenvalue weighted by Crippen LogP contribution is -2.32. The van der Waals surface area contributed by atoms with Crippen molar-refractivity contribution in [2.45, 2.75) is 52.5 Å². The number of fused-ring (bicyclic) bond motifs is 6. The molecule has 0 radical (unpaired) electrons. The van der Waals surface area contributed by atoms with Crippen LogP contribution in [0.1, 0.15) is 55.8 Å². The van der Waals surface area contributed by atoms with Gasteiger partial charge in [-0.2, -0.15) is 0 Å². The molecule has 26 heavy (non-hydrogen) atoms. The fraction of sp³-hybridized carbons (Fsp3) is 0.375. The van der Waals surface area contributed by atoms with Gasteiger partial charge in [-0.1, -0.05) is 38.1 Å². The first kappa shape index (κ1) is 15.9. The highest BCUT2D eigenvalue weighted by Gasteiger charge is 2.48. The Morgan fingerprint density at radius 2 is 1.46 bits per heavy atom. The second kappa shape index (κ2) is 4.49. The summed E-state index contributed by atoms with van der Waals surface area (Å²) in [5.74, 6) is 1.34. The zero-order valence-corrected chi connectivity index (χ0v) is 16.9. The Morgan fingerprint density at radius 3 is 2.19 bits per heavy atom. The van der Waals surface area contributed by atoms with Crippen LogP contribution in [0.3, 0.4) is 0 Å². The lowest BCUT2D eigenvalue weighted by atomic mass is 9.80. The van der Waals surface area contributed by atoms with E-state index in [1.54, 1.807) is 0 Å². The van der Waals surface area contributed by atoms with Gasteiger partial charge in [0.15, 0.2) is 0 Å². The Morgan fingerprint density at radius 1 is 0.808 bits per heavy atom. The molecule has 2 aromatic carbocycles.